The quantitative estimate of drug-likeness (QED) is 0.576. The molecule has 2 atom stereocenters. The van der Waals surface area contributed by atoms with E-state index in [0.29, 0.717) is 17.3 Å². The number of hydrogen-bond acceptors (Lipinski definition) is 4. The van der Waals surface area contributed by atoms with Crippen LogP contribution in [-0.2, 0) is 5.41 Å². The van der Waals surface area contributed by atoms with Crippen molar-refractivity contribution in [1.29, 1.82) is 0 Å². The summed E-state index contributed by atoms with van der Waals surface area (Å²) in [6.07, 6.45) is 1.03. The van der Waals surface area contributed by atoms with Crippen LogP contribution in [0.4, 0.5) is 5.82 Å². The Hall–Kier alpha value is -1.62. The van der Waals surface area contributed by atoms with Crippen LogP contribution >= 0.6 is 0 Å². The summed E-state index contributed by atoms with van der Waals surface area (Å²) < 4.78 is 0. The molecule has 0 aliphatic carbocycles. The van der Waals surface area contributed by atoms with Gasteiger partial charge in [0.15, 0.2) is 0 Å². The number of carbonyl (C=O) groups is 1. The summed E-state index contributed by atoms with van der Waals surface area (Å²) in [5, 5.41) is 3.04. The van der Waals surface area contributed by atoms with Gasteiger partial charge in [-0.1, -0.05) is 41.0 Å². The average Bonchev–Trinajstić information content (AvgIpc) is 2.44. The van der Waals surface area contributed by atoms with Crippen molar-refractivity contribution in [3.8, 4) is 0 Å². The summed E-state index contributed by atoms with van der Waals surface area (Å²) in [5.74, 6) is 6.31. The van der Waals surface area contributed by atoms with Crippen molar-refractivity contribution in [3.05, 3.63) is 23.4 Å². The molecule has 5 heteroatoms. The SMILES string of the molecule is CCC(C)C(C)NC(=O)c1cc(NN)nc(C(C)(C)C)c1. The third-order valence-corrected chi connectivity index (χ3v) is 3.86. The van der Waals surface area contributed by atoms with E-state index in [9.17, 15) is 4.79 Å². The van der Waals surface area contributed by atoms with Crippen LogP contribution in [0, 0.1) is 5.92 Å². The molecule has 0 fully saturated rings. The fourth-order valence-electron chi connectivity index (χ4n) is 1.91. The molecule has 1 aromatic heterocycles. The maximum atomic E-state index is 12.4. The molecule has 4 N–H and O–H groups in total. The van der Waals surface area contributed by atoms with Crippen LogP contribution in [0.25, 0.3) is 0 Å². The van der Waals surface area contributed by atoms with E-state index in [2.05, 4.69) is 50.3 Å². The van der Waals surface area contributed by atoms with Crippen LogP contribution in [0.15, 0.2) is 12.1 Å². The molecule has 0 aliphatic heterocycles. The van der Waals surface area contributed by atoms with Gasteiger partial charge in [-0.15, -0.1) is 0 Å². The molecule has 0 aliphatic rings. The van der Waals surface area contributed by atoms with Crippen molar-refractivity contribution in [2.24, 2.45) is 11.8 Å². The third kappa shape index (κ3) is 4.70. The summed E-state index contributed by atoms with van der Waals surface area (Å²) in [4.78, 5) is 16.8. The van der Waals surface area contributed by atoms with E-state index in [0.717, 1.165) is 12.1 Å². The molecule has 1 aromatic rings. The van der Waals surface area contributed by atoms with Crippen molar-refractivity contribution < 1.29 is 4.79 Å². The summed E-state index contributed by atoms with van der Waals surface area (Å²) in [5.41, 5.74) is 3.80. The van der Waals surface area contributed by atoms with E-state index >= 15 is 0 Å². The average molecular weight is 292 g/mol. The topological polar surface area (TPSA) is 80.0 Å². The second-order valence-corrected chi connectivity index (χ2v) is 6.67. The second kappa shape index (κ2) is 6.89. The number of hydrogen-bond donors (Lipinski definition) is 3. The minimum absolute atomic E-state index is 0.0906. The van der Waals surface area contributed by atoms with Crippen LogP contribution in [0.1, 0.15) is 64.0 Å². The number of rotatable bonds is 5. The molecule has 1 amide bonds. The molecule has 0 bridgehead atoms. The molecule has 0 spiro atoms. The first-order chi connectivity index (χ1) is 9.68. The molecule has 0 saturated heterocycles. The number of nitrogens with zero attached hydrogens (tertiary/aromatic N) is 1. The number of anilines is 1. The zero-order chi connectivity index (χ0) is 16.2. The lowest BCUT2D eigenvalue weighted by atomic mass is 9.90. The highest BCUT2D eigenvalue weighted by Gasteiger charge is 2.20. The van der Waals surface area contributed by atoms with Crippen LogP contribution < -0.4 is 16.6 Å². The van der Waals surface area contributed by atoms with Gasteiger partial charge in [0, 0.05) is 22.7 Å². The molecular formula is C16H28N4O. The Morgan fingerprint density at radius 3 is 2.43 bits per heavy atom. The Morgan fingerprint density at radius 1 is 1.33 bits per heavy atom. The molecule has 0 saturated carbocycles. The molecular weight excluding hydrogens is 264 g/mol. The van der Waals surface area contributed by atoms with Crippen molar-refractivity contribution in [1.82, 2.24) is 10.3 Å². The first-order valence-corrected chi connectivity index (χ1v) is 7.49. The van der Waals surface area contributed by atoms with Crippen LogP contribution in [-0.4, -0.2) is 16.9 Å². The zero-order valence-electron chi connectivity index (χ0n) is 13.9. The lowest BCUT2D eigenvalue weighted by Crippen LogP contribution is -2.37. The summed E-state index contributed by atoms with van der Waals surface area (Å²) >= 11 is 0. The monoisotopic (exact) mass is 292 g/mol. The van der Waals surface area contributed by atoms with Gasteiger partial charge in [0.25, 0.3) is 5.91 Å². The van der Waals surface area contributed by atoms with Crippen LogP contribution in [0.3, 0.4) is 0 Å². The van der Waals surface area contributed by atoms with E-state index in [1.807, 2.05) is 13.0 Å². The van der Waals surface area contributed by atoms with Crippen LogP contribution in [0.5, 0.6) is 0 Å². The van der Waals surface area contributed by atoms with E-state index in [4.69, 9.17) is 5.84 Å². The molecule has 0 aromatic carbocycles. The van der Waals surface area contributed by atoms with E-state index < -0.39 is 0 Å². The Bertz CT molecular complexity index is 494. The lowest BCUT2D eigenvalue weighted by Gasteiger charge is -2.22. The van der Waals surface area contributed by atoms with Crippen LogP contribution in [0.2, 0.25) is 0 Å². The first-order valence-electron chi connectivity index (χ1n) is 7.49. The van der Waals surface area contributed by atoms with Crippen molar-refractivity contribution in [2.45, 2.75) is 59.4 Å². The fraction of sp³-hybridized carbons (Fsp3) is 0.625. The second-order valence-electron chi connectivity index (χ2n) is 6.67. The first kappa shape index (κ1) is 17.4. The number of nitrogens with one attached hydrogen (secondary N) is 2. The molecule has 1 rings (SSSR count). The third-order valence-electron chi connectivity index (χ3n) is 3.86. The summed E-state index contributed by atoms with van der Waals surface area (Å²) in [6.45, 7) is 12.4. The molecule has 0 radical (unpaired) electrons. The zero-order valence-corrected chi connectivity index (χ0v) is 13.9. The van der Waals surface area contributed by atoms with Gasteiger partial charge < -0.3 is 10.7 Å². The number of nitrogens with two attached hydrogens (primary N) is 1. The van der Waals surface area contributed by atoms with Gasteiger partial charge >= 0.3 is 0 Å². The van der Waals surface area contributed by atoms with E-state index in [1.54, 1.807) is 6.07 Å². The Kier molecular flexibility index (Phi) is 5.72. The molecule has 118 valence electrons. The molecule has 21 heavy (non-hydrogen) atoms. The number of aromatic nitrogens is 1. The van der Waals surface area contributed by atoms with Crippen molar-refractivity contribution in [2.75, 3.05) is 5.43 Å². The highest BCUT2D eigenvalue weighted by Crippen LogP contribution is 2.23. The summed E-state index contributed by atoms with van der Waals surface area (Å²) in [6, 6.07) is 3.64. The van der Waals surface area contributed by atoms with Gasteiger partial charge in [0.1, 0.15) is 5.82 Å². The molecule has 1 heterocycles. The van der Waals surface area contributed by atoms with Gasteiger partial charge in [-0.3, -0.25) is 4.79 Å². The Balaban J connectivity index is 3.04. The van der Waals surface area contributed by atoms with E-state index in [1.165, 1.54) is 0 Å². The van der Waals surface area contributed by atoms with Gasteiger partial charge in [-0.2, -0.15) is 0 Å². The lowest BCUT2D eigenvalue weighted by molar-refractivity contribution is 0.0928. The highest BCUT2D eigenvalue weighted by atomic mass is 16.1. The van der Waals surface area contributed by atoms with Crippen molar-refractivity contribution in [3.63, 3.8) is 0 Å². The number of amides is 1. The number of nitrogen functional groups attached to an aromatic ring is 1. The van der Waals surface area contributed by atoms with Gasteiger partial charge in [0.05, 0.1) is 0 Å². The maximum Gasteiger partial charge on any atom is 0.251 e. The number of carbonyl (C=O) groups excluding carboxylic acids is 1. The van der Waals surface area contributed by atoms with E-state index in [-0.39, 0.29) is 17.4 Å². The van der Waals surface area contributed by atoms with Gasteiger partial charge in [-0.25, -0.2) is 10.8 Å². The standard InChI is InChI=1S/C16H28N4O/c1-7-10(2)11(3)18-15(21)12-8-13(16(4,5)6)19-14(9-12)20-17/h8-11H,7,17H2,1-6H3,(H,18,21)(H,19,20). The fourth-order valence-corrected chi connectivity index (χ4v) is 1.91. The van der Waals surface area contributed by atoms with Gasteiger partial charge in [0.2, 0.25) is 0 Å². The molecule has 5 nitrogen and oxygen atoms in total. The van der Waals surface area contributed by atoms with Crippen molar-refractivity contribution >= 4 is 11.7 Å². The predicted octanol–water partition coefficient (Wildman–Crippen LogP) is 2.83. The Labute approximate surface area is 127 Å². The highest BCUT2D eigenvalue weighted by molar-refractivity contribution is 5.95. The van der Waals surface area contributed by atoms with Gasteiger partial charge in [-0.05, 0) is 25.0 Å². The minimum Gasteiger partial charge on any atom is -0.349 e. The number of hydrazine groups is 1. The number of pyridine rings is 1. The smallest absolute Gasteiger partial charge is 0.251 e. The normalized spacial score (nSPS) is 14.4. The summed E-state index contributed by atoms with van der Waals surface area (Å²) in [7, 11) is 0. The Morgan fingerprint density at radius 2 is 1.95 bits per heavy atom. The largest absolute Gasteiger partial charge is 0.349 e. The maximum absolute atomic E-state index is 12.4. The predicted molar refractivity (Wildman–Crippen MR) is 87.1 cm³/mol. The molecule has 2 unspecified atom stereocenters. The minimum atomic E-state index is -0.149.